The highest BCUT2D eigenvalue weighted by molar-refractivity contribution is 9.10. The van der Waals surface area contributed by atoms with Crippen LogP contribution in [0.3, 0.4) is 0 Å². The molecule has 1 aliphatic rings. The smallest absolute Gasteiger partial charge is 0.0328 e. The summed E-state index contributed by atoms with van der Waals surface area (Å²) in [5.41, 5.74) is 5.90. The molecular formula is C13H21BrN2S. The quantitative estimate of drug-likeness (QED) is 0.921. The highest BCUT2D eigenvalue weighted by atomic mass is 79.9. The zero-order valence-electron chi connectivity index (χ0n) is 10.4. The van der Waals surface area contributed by atoms with Crippen molar-refractivity contribution >= 4 is 27.3 Å². The third-order valence-electron chi connectivity index (χ3n) is 3.76. The lowest BCUT2D eigenvalue weighted by atomic mass is 9.84. The molecule has 17 heavy (non-hydrogen) atoms. The lowest BCUT2D eigenvalue weighted by Crippen LogP contribution is -2.42. The Bertz CT molecular complexity index is 353. The van der Waals surface area contributed by atoms with Gasteiger partial charge in [0.1, 0.15) is 0 Å². The van der Waals surface area contributed by atoms with Gasteiger partial charge in [-0.3, -0.25) is 4.90 Å². The van der Waals surface area contributed by atoms with Crippen LogP contribution in [-0.4, -0.2) is 24.5 Å². The Labute approximate surface area is 116 Å². The Morgan fingerprint density at radius 1 is 1.47 bits per heavy atom. The minimum atomic E-state index is 0.676. The van der Waals surface area contributed by atoms with Crippen LogP contribution in [0.1, 0.15) is 30.6 Å². The van der Waals surface area contributed by atoms with Crippen LogP contribution in [0.15, 0.2) is 15.9 Å². The molecule has 0 aliphatic heterocycles. The fourth-order valence-corrected chi connectivity index (χ4v) is 4.36. The maximum atomic E-state index is 5.90. The van der Waals surface area contributed by atoms with Gasteiger partial charge in [-0.2, -0.15) is 0 Å². The van der Waals surface area contributed by atoms with E-state index in [0.29, 0.717) is 12.0 Å². The normalized spacial score (nSPS) is 25.4. The molecule has 1 fully saturated rings. The van der Waals surface area contributed by atoms with Crippen molar-refractivity contribution < 1.29 is 0 Å². The Kier molecular flexibility index (Phi) is 5.03. The fraction of sp³-hybridized carbons (Fsp3) is 0.692. The minimum absolute atomic E-state index is 0.676. The van der Waals surface area contributed by atoms with E-state index >= 15 is 0 Å². The second-order valence-electron chi connectivity index (χ2n) is 4.99. The number of hydrogen-bond acceptors (Lipinski definition) is 3. The molecule has 2 atom stereocenters. The first-order valence-electron chi connectivity index (χ1n) is 6.34. The molecule has 2 rings (SSSR count). The molecule has 0 bridgehead atoms. The number of thiophene rings is 1. The summed E-state index contributed by atoms with van der Waals surface area (Å²) in [6.07, 6.45) is 5.33. The number of hydrogen-bond donors (Lipinski definition) is 1. The molecule has 2 N–H and O–H groups in total. The van der Waals surface area contributed by atoms with Gasteiger partial charge in [0.05, 0.1) is 0 Å². The Morgan fingerprint density at radius 2 is 2.24 bits per heavy atom. The molecule has 0 spiro atoms. The van der Waals surface area contributed by atoms with E-state index in [1.165, 1.54) is 35.0 Å². The topological polar surface area (TPSA) is 29.3 Å². The average molecular weight is 317 g/mol. The molecule has 1 aromatic rings. The number of halogens is 1. The van der Waals surface area contributed by atoms with Crippen molar-refractivity contribution in [1.29, 1.82) is 0 Å². The molecule has 2 nitrogen and oxygen atoms in total. The van der Waals surface area contributed by atoms with Crippen LogP contribution in [0.5, 0.6) is 0 Å². The second kappa shape index (κ2) is 6.32. The van der Waals surface area contributed by atoms with Gasteiger partial charge in [0.15, 0.2) is 0 Å². The summed E-state index contributed by atoms with van der Waals surface area (Å²) >= 11 is 5.35. The fourth-order valence-electron chi connectivity index (χ4n) is 2.84. The molecule has 2 unspecified atom stereocenters. The van der Waals surface area contributed by atoms with Crippen LogP contribution >= 0.6 is 27.3 Å². The van der Waals surface area contributed by atoms with Gasteiger partial charge < -0.3 is 5.73 Å². The van der Waals surface area contributed by atoms with Crippen LogP contribution in [-0.2, 0) is 6.54 Å². The highest BCUT2D eigenvalue weighted by Crippen LogP contribution is 2.29. The van der Waals surface area contributed by atoms with Crippen molar-refractivity contribution in [2.75, 3.05) is 13.6 Å². The maximum Gasteiger partial charge on any atom is 0.0328 e. The summed E-state index contributed by atoms with van der Waals surface area (Å²) in [4.78, 5) is 3.93. The zero-order valence-corrected chi connectivity index (χ0v) is 12.8. The Morgan fingerprint density at radius 3 is 2.88 bits per heavy atom. The predicted octanol–water partition coefficient (Wildman–Crippen LogP) is 3.46. The lowest BCUT2D eigenvalue weighted by Gasteiger charge is -2.37. The zero-order chi connectivity index (χ0) is 12.3. The Hall–Kier alpha value is 0.1000. The first kappa shape index (κ1) is 13.5. The highest BCUT2D eigenvalue weighted by Gasteiger charge is 2.27. The van der Waals surface area contributed by atoms with Gasteiger partial charge in [-0.25, -0.2) is 0 Å². The molecule has 1 aliphatic carbocycles. The summed E-state index contributed by atoms with van der Waals surface area (Å²) in [5, 5.41) is 2.16. The van der Waals surface area contributed by atoms with Gasteiger partial charge in [0.25, 0.3) is 0 Å². The molecule has 0 aromatic carbocycles. The third-order valence-corrected chi connectivity index (χ3v) is 5.45. The van der Waals surface area contributed by atoms with Crippen LogP contribution < -0.4 is 5.73 Å². The van der Waals surface area contributed by atoms with E-state index in [0.717, 1.165) is 13.1 Å². The number of nitrogens with two attached hydrogens (primary N) is 1. The Balaban J connectivity index is 1.95. The molecule has 1 aromatic heterocycles. The minimum Gasteiger partial charge on any atom is -0.330 e. The van der Waals surface area contributed by atoms with E-state index in [4.69, 9.17) is 5.73 Å². The van der Waals surface area contributed by atoms with Crippen molar-refractivity contribution in [1.82, 2.24) is 4.90 Å². The standard InChI is InChI=1S/C13H21BrN2S/c1-16(8-12-6-11(14)9-17-12)13-5-3-2-4-10(13)7-15/h6,9-10,13H,2-5,7-8,15H2,1H3. The second-order valence-corrected chi connectivity index (χ2v) is 6.91. The van der Waals surface area contributed by atoms with Gasteiger partial charge in [0.2, 0.25) is 0 Å². The van der Waals surface area contributed by atoms with Gasteiger partial charge >= 0.3 is 0 Å². The molecule has 96 valence electrons. The SMILES string of the molecule is CN(Cc1cc(Br)cs1)C1CCCCC1CN. The lowest BCUT2D eigenvalue weighted by molar-refractivity contribution is 0.128. The summed E-state index contributed by atoms with van der Waals surface area (Å²) in [6, 6.07) is 2.90. The van der Waals surface area contributed by atoms with Crippen molar-refractivity contribution in [2.24, 2.45) is 11.7 Å². The third kappa shape index (κ3) is 3.53. The van der Waals surface area contributed by atoms with Crippen LogP contribution in [0.2, 0.25) is 0 Å². The largest absolute Gasteiger partial charge is 0.330 e. The van der Waals surface area contributed by atoms with E-state index in [-0.39, 0.29) is 0 Å². The summed E-state index contributed by atoms with van der Waals surface area (Å²) in [7, 11) is 2.24. The molecule has 4 heteroatoms. The molecule has 1 heterocycles. The van der Waals surface area contributed by atoms with E-state index < -0.39 is 0 Å². The van der Waals surface area contributed by atoms with E-state index in [1.807, 2.05) is 11.3 Å². The van der Waals surface area contributed by atoms with Gasteiger partial charge in [-0.05, 0) is 54.3 Å². The van der Waals surface area contributed by atoms with Crippen LogP contribution in [0, 0.1) is 5.92 Å². The van der Waals surface area contributed by atoms with Gasteiger partial charge in [-0.15, -0.1) is 11.3 Å². The first-order valence-corrected chi connectivity index (χ1v) is 8.01. The van der Waals surface area contributed by atoms with Crippen molar-refractivity contribution in [3.63, 3.8) is 0 Å². The monoisotopic (exact) mass is 316 g/mol. The molecule has 1 saturated carbocycles. The predicted molar refractivity (Wildman–Crippen MR) is 78.3 cm³/mol. The molecular weight excluding hydrogens is 296 g/mol. The summed E-state index contributed by atoms with van der Waals surface area (Å²) in [6.45, 7) is 1.89. The molecule has 0 amide bonds. The van der Waals surface area contributed by atoms with Gasteiger partial charge in [-0.1, -0.05) is 12.8 Å². The molecule has 0 radical (unpaired) electrons. The van der Waals surface area contributed by atoms with Crippen molar-refractivity contribution in [3.8, 4) is 0 Å². The maximum absolute atomic E-state index is 5.90. The van der Waals surface area contributed by atoms with Crippen LogP contribution in [0.25, 0.3) is 0 Å². The number of nitrogens with zero attached hydrogens (tertiary/aromatic N) is 1. The summed E-state index contributed by atoms with van der Waals surface area (Å²) < 4.78 is 1.20. The van der Waals surface area contributed by atoms with Crippen molar-refractivity contribution in [3.05, 3.63) is 20.8 Å². The number of rotatable bonds is 4. The first-order chi connectivity index (χ1) is 8.20. The van der Waals surface area contributed by atoms with E-state index in [9.17, 15) is 0 Å². The summed E-state index contributed by atoms with van der Waals surface area (Å²) in [5.74, 6) is 0.692. The van der Waals surface area contributed by atoms with E-state index in [2.05, 4.69) is 39.3 Å². The van der Waals surface area contributed by atoms with E-state index in [1.54, 1.807) is 0 Å². The van der Waals surface area contributed by atoms with Crippen LogP contribution in [0.4, 0.5) is 0 Å². The van der Waals surface area contributed by atoms with Gasteiger partial charge in [0, 0.05) is 27.3 Å². The van der Waals surface area contributed by atoms with Crippen molar-refractivity contribution in [2.45, 2.75) is 38.3 Å². The average Bonchev–Trinajstić information content (AvgIpc) is 2.74. The molecule has 0 saturated heterocycles.